The highest BCUT2D eigenvalue weighted by molar-refractivity contribution is 5.82. The first-order valence-corrected chi connectivity index (χ1v) is 5.84. The SMILES string of the molecule is CCC(C)(CN)C(=O)NCCc1nncn1C. The van der Waals surface area contributed by atoms with Crippen LogP contribution in [0.15, 0.2) is 6.33 Å². The van der Waals surface area contributed by atoms with Crippen molar-refractivity contribution in [3.8, 4) is 0 Å². The van der Waals surface area contributed by atoms with Crippen molar-refractivity contribution in [2.24, 2.45) is 18.2 Å². The highest BCUT2D eigenvalue weighted by Crippen LogP contribution is 2.18. The molecule has 96 valence electrons. The Morgan fingerprint density at radius 1 is 1.65 bits per heavy atom. The highest BCUT2D eigenvalue weighted by Gasteiger charge is 2.29. The molecule has 0 aliphatic carbocycles. The van der Waals surface area contributed by atoms with Crippen LogP contribution in [0, 0.1) is 5.41 Å². The first-order chi connectivity index (χ1) is 8.03. The summed E-state index contributed by atoms with van der Waals surface area (Å²) < 4.78 is 1.84. The Hall–Kier alpha value is -1.43. The number of aromatic nitrogens is 3. The van der Waals surface area contributed by atoms with Crippen LogP contribution in [-0.4, -0.2) is 33.8 Å². The van der Waals surface area contributed by atoms with Gasteiger partial charge in [0.1, 0.15) is 12.2 Å². The molecule has 1 aromatic rings. The summed E-state index contributed by atoms with van der Waals surface area (Å²) in [6.45, 7) is 4.76. The second kappa shape index (κ2) is 5.77. The van der Waals surface area contributed by atoms with Gasteiger partial charge in [0.15, 0.2) is 0 Å². The Labute approximate surface area is 102 Å². The van der Waals surface area contributed by atoms with Crippen molar-refractivity contribution in [1.82, 2.24) is 20.1 Å². The van der Waals surface area contributed by atoms with Gasteiger partial charge in [-0.15, -0.1) is 10.2 Å². The molecule has 3 N–H and O–H groups in total. The third kappa shape index (κ3) is 3.26. The van der Waals surface area contributed by atoms with Crippen LogP contribution in [-0.2, 0) is 18.3 Å². The smallest absolute Gasteiger partial charge is 0.227 e. The molecule has 1 heterocycles. The molecule has 0 radical (unpaired) electrons. The van der Waals surface area contributed by atoms with E-state index in [0.717, 1.165) is 12.2 Å². The van der Waals surface area contributed by atoms with Crippen LogP contribution in [0.1, 0.15) is 26.1 Å². The first kappa shape index (κ1) is 13.6. The van der Waals surface area contributed by atoms with E-state index >= 15 is 0 Å². The van der Waals surface area contributed by atoms with Gasteiger partial charge in [0.05, 0.1) is 5.41 Å². The lowest BCUT2D eigenvalue weighted by Crippen LogP contribution is -2.44. The van der Waals surface area contributed by atoms with E-state index in [1.165, 1.54) is 0 Å². The molecule has 0 saturated heterocycles. The lowest BCUT2D eigenvalue weighted by molar-refractivity contribution is -0.129. The molecule has 1 unspecified atom stereocenters. The van der Waals surface area contributed by atoms with E-state index in [9.17, 15) is 4.79 Å². The highest BCUT2D eigenvalue weighted by atomic mass is 16.2. The summed E-state index contributed by atoms with van der Waals surface area (Å²) in [7, 11) is 1.88. The number of aryl methyl sites for hydroxylation is 1. The Morgan fingerprint density at radius 2 is 2.35 bits per heavy atom. The van der Waals surface area contributed by atoms with Gasteiger partial charge in [0, 0.05) is 26.6 Å². The molecular formula is C11H21N5O. The van der Waals surface area contributed by atoms with Crippen LogP contribution in [0.4, 0.5) is 0 Å². The number of rotatable bonds is 6. The Bertz CT molecular complexity index is 370. The average Bonchev–Trinajstić information content (AvgIpc) is 2.74. The maximum Gasteiger partial charge on any atom is 0.227 e. The summed E-state index contributed by atoms with van der Waals surface area (Å²) >= 11 is 0. The topological polar surface area (TPSA) is 85.8 Å². The third-order valence-corrected chi connectivity index (χ3v) is 3.22. The summed E-state index contributed by atoms with van der Waals surface area (Å²) in [5.41, 5.74) is 5.15. The van der Waals surface area contributed by atoms with Crippen LogP contribution in [0.3, 0.4) is 0 Å². The van der Waals surface area contributed by atoms with Crippen LogP contribution in [0.2, 0.25) is 0 Å². The van der Waals surface area contributed by atoms with E-state index in [-0.39, 0.29) is 5.91 Å². The lowest BCUT2D eigenvalue weighted by Gasteiger charge is -2.24. The zero-order valence-electron chi connectivity index (χ0n) is 10.7. The van der Waals surface area contributed by atoms with E-state index in [0.29, 0.717) is 19.5 Å². The fourth-order valence-electron chi connectivity index (χ4n) is 1.43. The van der Waals surface area contributed by atoms with E-state index < -0.39 is 5.41 Å². The van der Waals surface area contributed by atoms with E-state index in [1.807, 2.05) is 25.5 Å². The fourth-order valence-corrected chi connectivity index (χ4v) is 1.43. The maximum atomic E-state index is 11.9. The number of hydrogen-bond acceptors (Lipinski definition) is 4. The predicted molar refractivity (Wildman–Crippen MR) is 65.2 cm³/mol. The molecule has 0 fully saturated rings. The number of carbonyl (C=O) groups excluding carboxylic acids is 1. The zero-order chi connectivity index (χ0) is 12.9. The van der Waals surface area contributed by atoms with Crippen molar-refractivity contribution in [1.29, 1.82) is 0 Å². The molecule has 1 rings (SSSR count). The van der Waals surface area contributed by atoms with E-state index in [1.54, 1.807) is 6.33 Å². The summed E-state index contributed by atoms with van der Waals surface area (Å²) in [6.07, 6.45) is 3.05. The van der Waals surface area contributed by atoms with Crippen LogP contribution < -0.4 is 11.1 Å². The number of carbonyl (C=O) groups is 1. The molecule has 0 aliphatic rings. The van der Waals surface area contributed by atoms with Gasteiger partial charge in [0.2, 0.25) is 5.91 Å². The van der Waals surface area contributed by atoms with Crippen molar-refractivity contribution >= 4 is 5.91 Å². The van der Waals surface area contributed by atoms with E-state index in [2.05, 4.69) is 15.5 Å². The van der Waals surface area contributed by atoms with Gasteiger partial charge < -0.3 is 15.6 Å². The number of nitrogens with two attached hydrogens (primary N) is 1. The molecule has 0 saturated carbocycles. The second-order valence-corrected chi connectivity index (χ2v) is 4.48. The molecule has 0 aliphatic heterocycles. The molecule has 1 atom stereocenters. The lowest BCUT2D eigenvalue weighted by atomic mass is 9.87. The van der Waals surface area contributed by atoms with Gasteiger partial charge in [-0.3, -0.25) is 4.79 Å². The summed E-state index contributed by atoms with van der Waals surface area (Å²) in [4.78, 5) is 11.9. The molecule has 17 heavy (non-hydrogen) atoms. The average molecular weight is 239 g/mol. The summed E-state index contributed by atoms with van der Waals surface area (Å²) in [5, 5.41) is 10.6. The molecule has 6 heteroatoms. The van der Waals surface area contributed by atoms with Crippen LogP contribution in [0.25, 0.3) is 0 Å². The van der Waals surface area contributed by atoms with Crippen molar-refractivity contribution < 1.29 is 4.79 Å². The summed E-state index contributed by atoms with van der Waals surface area (Å²) in [6, 6.07) is 0. The van der Waals surface area contributed by atoms with Crippen molar-refractivity contribution in [3.05, 3.63) is 12.2 Å². The number of nitrogens with zero attached hydrogens (tertiary/aromatic N) is 3. The minimum absolute atomic E-state index is 0.00432. The van der Waals surface area contributed by atoms with E-state index in [4.69, 9.17) is 5.73 Å². The normalized spacial score (nSPS) is 14.4. The number of nitrogens with one attached hydrogen (secondary N) is 1. The first-order valence-electron chi connectivity index (χ1n) is 5.84. The molecule has 1 aromatic heterocycles. The standard InChI is InChI=1S/C11H21N5O/c1-4-11(2,7-12)10(17)13-6-5-9-15-14-8-16(9)3/h8H,4-7,12H2,1-3H3,(H,13,17). The van der Waals surface area contributed by atoms with Gasteiger partial charge in [0.25, 0.3) is 0 Å². The minimum Gasteiger partial charge on any atom is -0.355 e. The zero-order valence-corrected chi connectivity index (χ0v) is 10.7. The number of hydrogen-bond donors (Lipinski definition) is 2. The molecule has 1 amide bonds. The van der Waals surface area contributed by atoms with Crippen molar-refractivity contribution in [2.75, 3.05) is 13.1 Å². The van der Waals surface area contributed by atoms with Gasteiger partial charge in [-0.05, 0) is 13.3 Å². The quantitative estimate of drug-likeness (QED) is 0.723. The minimum atomic E-state index is -0.472. The molecule has 6 nitrogen and oxygen atoms in total. The predicted octanol–water partition coefficient (Wildman–Crippen LogP) is -0.151. The van der Waals surface area contributed by atoms with Crippen molar-refractivity contribution in [2.45, 2.75) is 26.7 Å². The molecule has 0 aromatic carbocycles. The Balaban J connectivity index is 2.41. The van der Waals surface area contributed by atoms with Gasteiger partial charge >= 0.3 is 0 Å². The molecule has 0 spiro atoms. The van der Waals surface area contributed by atoms with Gasteiger partial charge in [-0.25, -0.2) is 0 Å². The van der Waals surface area contributed by atoms with Crippen LogP contribution >= 0.6 is 0 Å². The maximum absolute atomic E-state index is 11.9. The number of amides is 1. The monoisotopic (exact) mass is 239 g/mol. The van der Waals surface area contributed by atoms with Gasteiger partial charge in [-0.2, -0.15) is 0 Å². The second-order valence-electron chi connectivity index (χ2n) is 4.48. The third-order valence-electron chi connectivity index (χ3n) is 3.22. The Morgan fingerprint density at radius 3 is 2.82 bits per heavy atom. The largest absolute Gasteiger partial charge is 0.355 e. The fraction of sp³-hybridized carbons (Fsp3) is 0.727. The Kier molecular flexibility index (Phi) is 4.62. The molecular weight excluding hydrogens is 218 g/mol. The molecule has 0 bridgehead atoms. The van der Waals surface area contributed by atoms with Gasteiger partial charge in [-0.1, -0.05) is 6.92 Å². The van der Waals surface area contributed by atoms with Crippen molar-refractivity contribution in [3.63, 3.8) is 0 Å². The summed E-state index contributed by atoms with van der Waals surface area (Å²) in [5.74, 6) is 0.862. The van der Waals surface area contributed by atoms with Crippen LogP contribution in [0.5, 0.6) is 0 Å².